The number of aromatic nitrogens is 3. The zero-order chi connectivity index (χ0) is 21.2. The van der Waals surface area contributed by atoms with Crippen LogP contribution in [0.5, 0.6) is 0 Å². The molecule has 0 atom stereocenters. The molecule has 8 heteroatoms. The zero-order valence-corrected chi connectivity index (χ0v) is 18.7. The molecule has 1 amide bonds. The Morgan fingerprint density at radius 3 is 2.55 bits per heavy atom. The predicted molar refractivity (Wildman–Crippen MR) is 126 cm³/mol. The normalized spacial score (nSPS) is 14.1. The van der Waals surface area contributed by atoms with Crippen molar-refractivity contribution in [2.24, 2.45) is 0 Å². The van der Waals surface area contributed by atoms with E-state index in [9.17, 15) is 4.79 Å². The molecule has 1 aliphatic heterocycles. The van der Waals surface area contributed by atoms with Crippen LogP contribution in [-0.4, -0.2) is 51.9 Å². The van der Waals surface area contributed by atoms with E-state index < -0.39 is 0 Å². The standard InChI is InChI=1S/C23H21N5OS2/c1-16-21(31-22(26-16)19-8-5-13-30-19)23(29)28-11-9-27(10-12-28)20-14-18(24-15-25-20)17-6-3-2-4-7-17/h2-8,13-15H,9-12H2,1H3. The molecule has 0 aliphatic carbocycles. The second kappa shape index (κ2) is 8.56. The third-order valence-corrected chi connectivity index (χ3v) is 7.52. The fourth-order valence-corrected chi connectivity index (χ4v) is 5.50. The maximum Gasteiger partial charge on any atom is 0.265 e. The van der Waals surface area contributed by atoms with Gasteiger partial charge in [-0.05, 0) is 18.4 Å². The van der Waals surface area contributed by atoms with E-state index in [1.165, 1.54) is 11.3 Å². The van der Waals surface area contributed by atoms with Crippen molar-refractivity contribution in [1.82, 2.24) is 19.9 Å². The van der Waals surface area contributed by atoms with E-state index >= 15 is 0 Å². The first kappa shape index (κ1) is 19.8. The molecule has 1 fully saturated rings. The summed E-state index contributed by atoms with van der Waals surface area (Å²) in [5, 5.41) is 2.95. The molecule has 0 spiro atoms. The topological polar surface area (TPSA) is 62.2 Å². The molecule has 0 saturated carbocycles. The fraction of sp³-hybridized carbons (Fsp3) is 0.217. The van der Waals surface area contributed by atoms with E-state index in [1.54, 1.807) is 17.7 Å². The smallest absolute Gasteiger partial charge is 0.265 e. The first-order valence-corrected chi connectivity index (χ1v) is 11.8. The van der Waals surface area contributed by atoms with Gasteiger partial charge in [-0.1, -0.05) is 36.4 Å². The number of benzene rings is 1. The lowest BCUT2D eigenvalue weighted by Crippen LogP contribution is -2.49. The molecule has 1 saturated heterocycles. The SMILES string of the molecule is Cc1nc(-c2cccs2)sc1C(=O)N1CCN(c2cc(-c3ccccc3)ncn2)CC1. The summed E-state index contributed by atoms with van der Waals surface area (Å²) >= 11 is 3.14. The second-order valence-corrected chi connectivity index (χ2v) is 9.26. The Balaban J connectivity index is 1.27. The van der Waals surface area contributed by atoms with Crippen molar-refractivity contribution in [2.75, 3.05) is 31.1 Å². The number of carbonyl (C=O) groups excluding carboxylic acids is 1. The third-order valence-electron chi connectivity index (χ3n) is 5.34. The van der Waals surface area contributed by atoms with Crippen molar-refractivity contribution in [1.29, 1.82) is 0 Å². The quantitative estimate of drug-likeness (QED) is 0.458. The zero-order valence-electron chi connectivity index (χ0n) is 17.1. The minimum atomic E-state index is 0.0742. The van der Waals surface area contributed by atoms with Gasteiger partial charge >= 0.3 is 0 Å². The molecule has 0 radical (unpaired) electrons. The van der Waals surface area contributed by atoms with Gasteiger partial charge < -0.3 is 9.80 Å². The molecular weight excluding hydrogens is 426 g/mol. The summed E-state index contributed by atoms with van der Waals surface area (Å²) in [5.41, 5.74) is 2.79. The summed E-state index contributed by atoms with van der Waals surface area (Å²) in [7, 11) is 0. The van der Waals surface area contributed by atoms with Crippen LogP contribution in [0.25, 0.3) is 21.1 Å². The van der Waals surface area contributed by atoms with Gasteiger partial charge in [0.2, 0.25) is 0 Å². The second-order valence-electron chi connectivity index (χ2n) is 7.32. The van der Waals surface area contributed by atoms with E-state index in [4.69, 9.17) is 0 Å². The van der Waals surface area contributed by atoms with Crippen LogP contribution in [0.2, 0.25) is 0 Å². The highest BCUT2D eigenvalue weighted by molar-refractivity contribution is 7.22. The number of amides is 1. The van der Waals surface area contributed by atoms with Gasteiger partial charge in [-0.2, -0.15) is 0 Å². The Morgan fingerprint density at radius 1 is 1.00 bits per heavy atom. The van der Waals surface area contributed by atoms with Gasteiger partial charge in [-0.3, -0.25) is 4.79 Å². The Kier molecular flexibility index (Phi) is 5.48. The van der Waals surface area contributed by atoms with Crippen molar-refractivity contribution in [2.45, 2.75) is 6.92 Å². The van der Waals surface area contributed by atoms with E-state index in [-0.39, 0.29) is 5.91 Å². The number of aryl methyl sites for hydroxylation is 1. The Hall–Kier alpha value is -3.10. The number of carbonyl (C=O) groups is 1. The Morgan fingerprint density at radius 2 is 1.81 bits per heavy atom. The highest BCUT2D eigenvalue weighted by Crippen LogP contribution is 2.32. The largest absolute Gasteiger partial charge is 0.353 e. The fourth-order valence-electron chi connectivity index (χ4n) is 3.67. The van der Waals surface area contributed by atoms with Crippen molar-refractivity contribution in [3.05, 3.63) is 70.8 Å². The minimum Gasteiger partial charge on any atom is -0.353 e. The van der Waals surface area contributed by atoms with Gasteiger partial charge in [0.1, 0.15) is 22.0 Å². The molecular formula is C23H21N5OS2. The van der Waals surface area contributed by atoms with Crippen molar-refractivity contribution in [3.63, 3.8) is 0 Å². The van der Waals surface area contributed by atoms with Crippen LogP contribution in [0.1, 0.15) is 15.4 Å². The molecule has 0 N–H and O–H groups in total. The molecule has 3 aromatic heterocycles. The van der Waals surface area contributed by atoms with Crippen LogP contribution in [0.3, 0.4) is 0 Å². The van der Waals surface area contributed by atoms with Crippen molar-refractivity contribution >= 4 is 34.4 Å². The first-order chi connectivity index (χ1) is 15.2. The maximum atomic E-state index is 13.1. The monoisotopic (exact) mass is 447 g/mol. The highest BCUT2D eigenvalue weighted by Gasteiger charge is 2.26. The van der Waals surface area contributed by atoms with Gasteiger partial charge in [-0.25, -0.2) is 15.0 Å². The predicted octanol–water partition coefficient (Wildman–Crippen LogP) is 4.60. The lowest BCUT2D eigenvalue weighted by molar-refractivity contribution is 0.0750. The molecule has 0 bridgehead atoms. The van der Waals surface area contributed by atoms with Gasteiger partial charge in [0.15, 0.2) is 0 Å². The number of rotatable bonds is 4. The summed E-state index contributed by atoms with van der Waals surface area (Å²) in [6.45, 7) is 4.73. The van der Waals surface area contributed by atoms with E-state index in [0.717, 1.165) is 50.6 Å². The number of thiazole rings is 1. The van der Waals surface area contributed by atoms with Crippen LogP contribution >= 0.6 is 22.7 Å². The lowest BCUT2D eigenvalue weighted by Gasteiger charge is -2.35. The Bertz CT molecular complexity index is 1180. The summed E-state index contributed by atoms with van der Waals surface area (Å²) in [5.74, 6) is 0.972. The van der Waals surface area contributed by atoms with Crippen LogP contribution in [-0.2, 0) is 0 Å². The number of hydrogen-bond acceptors (Lipinski definition) is 7. The van der Waals surface area contributed by atoms with Crippen LogP contribution in [0.15, 0.2) is 60.2 Å². The molecule has 0 unspecified atom stereocenters. The average Bonchev–Trinajstić information content (AvgIpc) is 3.49. The van der Waals surface area contributed by atoms with E-state index in [2.05, 4.69) is 19.9 Å². The molecule has 31 heavy (non-hydrogen) atoms. The average molecular weight is 448 g/mol. The Labute approximate surface area is 188 Å². The van der Waals surface area contributed by atoms with Crippen LogP contribution in [0.4, 0.5) is 5.82 Å². The van der Waals surface area contributed by atoms with Gasteiger partial charge in [-0.15, -0.1) is 22.7 Å². The van der Waals surface area contributed by atoms with Crippen LogP contribution in [0, 0.1) is 6.92 Å². The molecule has 4 aromatic rings. The number of piperazine rings is 1. The highest BCUT2D eigenvalue weighted by atomic mass is 32.1. The van der Waals surface area contributed by atoms with Crippen molar-refractivity contribution < 1.29 is 4.79 Å². The molecule has 6 nitrogen and oxygen atoms in total. The number of thiophene rings is 1. The molecule has 1 aliphatic rings. The minimum absolute atomic E-state index is 0.0742. The molecule has 4 heterocycles. The van der Waals surface area contributed by atoms with E-state index in [0.29, 0.717) is 13.1 Å². The summed E-state index contributed by atoms with van der Waals surface area (Å²) < 4.78 is 0. The number of nitrogens with zero attached hydrogens (tertiary/aromatic N) is 5. The van der Waals surface area contributed by atoms with Crippen LogP contribution < -0.4 is 4.90 Å². The third kappa shape index (κ3) is 4.08. The van der Waals surface area contributed by atoms with Crippen molar-refractivity contribution in [3.8, 4) is 21.1 Å². The number of hydrogen-bond donors (Lipinski definition) is 0. The van der Waals surface area contributed by atoms with E-state index in [1.807, 2.05) is 65.7 Å². The first-order valence-electron chi connectivity index (χ1n) is 10.1. The lowest BCUT2D eigenvalue weighted by atomic mass is 10.1. The molecule has 5 rings (SSSR count). The molecule has 1 aromatic carbocycles. The summed E-state index contributed by atoms with van der Waals surface area (Å²) in [6.07, 6.45) is 1.61. The number of anilines is 1. The van der Waals surface area contributed by atoms with Gasteiger partial charge in [0.25, 0.3) is 5.91 Å². The summed E-state index contributed by atoms with van der Waals surface area (Å²) in [6, 6.07) is 16.2. The molecule has 156 valence electrons. The maximum absolute atomic E-state index is 13.1. The van der Waals surface area contributed by atoms with Gasteiger partial charge in [0, 0.05) is 37.8 Å². The summed E-state index contributed by atoms with van der Waals surface area (Å²) in [4.78, 5) is 32.6. The van der Waals surface area contributed by atoms with Gasteiger partial charge in [0.05, 0.1) is 16.3 Å².